The fourth-order valence-electron chi connectivity index (χ4n) is 3.04. The minimum absolute atomic E-state index is 0.183. The van der Waals surface area contributed by atoms with Crippen molar-refractivity contribution in [2.75, 3.05) is 31.6 Å². The van der Waals surface area contributed by atoms with Crippen molar-refractivity contribution in [2.24, 2.45) is 0 Å². The van der Waals surface area contributed by atoms with Gasteiger partial charge >= 0.3 is 0 Å². The maximum atomic E-state index is 9.78. The van der Waals surface area contributed by atoms with Crippen LogP contribution in [0.1, 0.15) is 24.5 Å². The molecule has 3 nitrogen and oxygen atoms in total. The van der Waals surface area contributed by atoms with Gasteiger partial charge in [0.05, 0.1) is 12.6 Å². The molecular weight excluding hydrogens is 236 g/mol. The Balaban J connectivity index is 2.40. The Kier molecular flexibility index (Phi) is 4.48. The number of aliphatic hydroxyl groups excluding tert-OH is 1. The zero-order chi connectivity index (χ0) is 14.0. The van der Waals surface area contributed by atoms with E-state index in [9.17, 15) is 5.11 Å². The molecule has 1 saturated heterocycles. The third-order valence-corrected chi connectivity index (χ3v) is 4.38. The molecule has 0 radical (unpaired) electrons. The molecule has 19 heavy (non-hydrogen) atoms. The second-order valence-corrected chi connectivity index (χ2v) is 5.86. The van der Waals surface area contributed by atoms with Gasteiger partial charge in [-0.3, -0.25) is 0 Å². The van der Waals surface area contributed by atoms with Gasteiger partial charge in [-0.25, -0.2) is 0 Å². The minimum atomic E-state index is 0.183. The first-order chi connectivity index (χ1) is 9.04. The molecule has 1 heterocycles. The van der Waals surface area contributed by atoms with Crippen LogP contribution in [0.3, 0.4) is 0 Å². The molecule has 0 spiro atoms. The number of aryl methyl sites for hydroxylation is 1. The summed E-state index contributed by atoms with van der Waals surface area (Å²) in [6.07, 6.45) is 1.14. The van der Waals surface area contributed by atoms with Crippen LogP contribution in [0.4, 0.5) is 5.69 Å². The van der Waals surface area contributed by atoms with E-state index in [2.05, 4.69) is 55.8 Å². The molecule has 0 saturated carbocycles. The predicted molar refractivity (Wildman–Crippen MR) is 80.8 cm³/mol. The van der Waals surface area contributed by atoms with Crippen molar-refractivity contribution in [3.63, 3.8) is 0 Å². The number of hydrogen-bond donors (Lipinski definition) is 1. The zero-order valence-electron chi connectivity index (χ0n) is 12.6. The SMILES string of the molecule is Cc1cccc(N2C(C)CCN(C)CC2CO)c1C. The van der Waals surface area contributed by atoms with Gasteiger partial charge in [-0.15, -0.1) is 0 Å². The summed E-state index contributed by atoms with van der Waals surface area (Å²) in [4.78, 5) is 4.74. The molecule has 1 fully saturated rings. The van der Waals surface area contributed by atoms with Gasteiger partial charge in [0.2, 0.25) is 0 Å². The molecular formula is C16H26N2O. The molecule has 1 aromatic carbocycles. The summed E-state index contributed by atoms with van der Waals surface area (Å²) in [5.41, 5.74) is 3.93. The highest BCUT2D eigenvalue weighted by Gasteiger charge is 2.28. The molecule has 0 amide bonds. The van der Waals surface area contributed by atoms with Crippen LogP contribution in [0.5, 0.6) is 0 Å². The van der Waals surface area contributed by atoms with Crippen molar-refractivity contribution < 1.29 is 5.11 Å². The Morgan fingerprint density at radius 2 is 2.05 bits per heavy atom. The summed E-state index contributed by atoms with van der Waals surface area (Å²) in [5, 5.41) is 9.78. The molecule has 0 bridgehead atoms. The molecule has 2 rings (SSSR count). The third kappa shape index (κ3) is 2.93. The molecule has 2 unspecified atom stereocenters. The Labute approximate surface area is 116 Å². The monoisotopic (exact) mass is 262 g/mol. The van der Waals surface area contributed by atoms with Crippen molar-refractivity contribution in [2.45, 2.75) is 39.3 Å². The van der Waals surface area contributed by atoms with Crippen molar-refractivity contribution in [3.8, 4) is 0 Å². The zero-order valence-corrected chi connectivity index (χ0v) is 12.6. The fraction of sp³-hybridized carbons (Fsp3) is 0.625. The van der Waals surface area contributed by atoms with Gasteiger partial charge in [-0.05, 0) is 58.0 Å². The lowest BCUT2D eigenvalue weighted by atomic mass is 10.0. The molecule has 1 aliphatic rings. The Hall–Kier alpha value is -1.06. The lowest BCUT2D eigenvalue weighted by Crippen LogP contribution is -2.46. The van der Waals surface area contributed by atoms with Crippen molar-refractivity contribution in [3.05, 3.63) is 29.3 Å². The number of rotatable bonds is 2. The van der Waals surface area contributed by atoms with Crippen LogP contribution in [0.15, 0.2) is 18.2 Å². The van der Waals surface area contributed by atoms with Gasteiger partial charge in [0.25, 0.3) is 0 Å². The van der Waals surface area contributed by atoms with Crippen LogP contribution >= 0.6 is 0 Å². The smallest absolute Gasteiger partial charge is 0.0650 e. The van der Waals surface area contributed by atoms with Crippen molar-refractivity contribution >= 4 is 5.69 Å². The van der Waals surface area contributed by atoms with Crippen molar-refractivity contribution in [1.82, 2.24) is 4.90 Å². The highest BCUT2D eigenvalue weighted by molar-refractivity contribution is 5.57. The molecule has 1 N–H and O–H groups in total. The average molecular weight is 262 g/mol. The molecule has 1 aliphatic heterocycles. The van der Waals surface area contributed by atoms with E-state index >= 15 is 0 Å². The molecule has 0 aromatic heterocycles. The van der Waals surface area contributed by atoms with Crippen LogP contribution in [0, 0.1) is 13.8 Å². The van der Waals surface area contributed by atoms with Crippen LogP contribution in [-0.4, -0.2) is 48.8 Å². The Morgan fingerprint density at radius 3 is 2.74 bits per heavy atom. The largest absolute Gasteiger partial charge is 0.394 e. The topological polar surface area (TPSA) is 26.7 Å². The predicted octanol–water partition coefficient (Wildman–Crippen LogP) is 2.19. The Morgan fingerprint density at radius 1 is 1.32 bits per heavy atom. The summed E-state index contributed by atoms with van der Waals surface area (Å²) < 4.78 is 0. The third-order valence-electron chi connectivity index (χ3n) is 4.38. The molecule has 2 atom stereocenters. The summed E-state index contributed by atoms with van der Waals surface area (Å²) in [5.74, 6) is 0. The van der Waals surface area contributed by atoms with Gasteiger partial charge < -0.3 is 14.9 Å². The summed E-state index contributed by atoms with van der Waals surface area (Å²) in [7, 11) is 2.14. The van der Waals surface area contributed by atoms with E-state index in [1.165, 1.54) is 16.8 Å². The first kappa shape index (κ1) is 14.4. The van der Waals surface area contributed by atoms with Crippen molar-refractivity contribution in [1.29, 1.82) is 0 Å². The van der Waals surface area contributed by atoms with Crippen LogP contribution in [0.2, 0.25) is 0 Å². The maximum Gasteiger partial charge on any atom is 0.0650 e. The van der Waals surface area contributed by atoms with E-state index < -0.39 is 0 Å². The number of aliphatic hydroxyl groups is 1. The average Bonchev–Trinajstić information content (AvgIpc) is 2.53. The standard InChI is InChI=1S/C16H26N2O/c1-12-6-5-7-16(14(12)3)18-13(2)8-9-17(4)10-15(18)11-19/h5-7,13,15,19H,8-11H2,1-4H3. The van der Waals surface area contributed by atoms with Gasteiger partial charge in [0, 0.05) is 18.3 Å². The Bertz CT molecular complexity index is 433. The van der Waals surface area contributed by atoms with Gasteiger partial charge in [-0.2, -0.15) is 0 Å². The van der Waals surface area contributed by atoms with Gasteiger partial charge in [-0.1, -0.05) is 12.1 Å². The molecule has 3 heteroatoms. The first-order valence-electron chi connectivity index (χ1n) is 7.18. The number of hydrogen-bond acceptors (Lipinski definition) is 3. The molecule has 1 aromatic rings. The van der Waals surface area contributed by atoms with Gasteiger partial charge in [0.1, 0.15) is 0 Å². The molecule has 106 valence electrons. The minimum Gasteiger partial charge on any atom is -0.394 e. The van der Waals surface area contributed by atoms with Gasteiger partial charge in [0.15, 0.2) is 0 Å². The number of anilines is 1. The molecule has 0 aliphatic carbocycles. The fourth-order valence-corrected chi connectivity index (χ4v) is 3.04. The normalized spacial score (nSPS) is 25.4. The summed E-state index contributed by atoms with van der Waals surface area (Å²) in [6.45, 7) is 8.83. The second-order valence-electron chi connectivity index (χ2n) is 5.86. The van der Waals surface area contributed by atoms with E-state index in [1.807, 2.05) is 0 Å². The highest BCUT2D eigenvalue weighted by atomic mass is 16.3. The summed E-state index contributed by atoms with van der Waals surface area (Å²) in [6, 6.07) is 7.10. The first-order valence-corrected chi connectivity index (χ1v) is 7.18. The number of benzene rings is 1. The van der Waals surface area contributed by atoms with Crippen LogP contribution in [0.25, 0.3) is 0 Å². The van der Waals surface area contributed by atoms with E-state index in [0.29, 0.717) is 6.04 Å². The van der Waals surface area contributed by atoms with E-state index in [-0.39, 0.29) is 12.6 Å². The van der Waals surface area contributed by atoms with Crippen LogP contribution in [-0.2, 0) is 0 Å². The number of likely N-dealkylation sites (N-methyl/N-ethyl adjacent to an activating group) is 1. The summed E-state index contributed by atoms with van der Waals surface area (Å²) >= 11 is 0. The maximum absolute atomic E-state index is 9.78. The lowest BCUT2D eigenvalue weighted by Gasteiger charge is -2.37. The van der Waals surface area contributed by atoms with Crippen LogP contribution < -0.4 is 4.90 Å². The van der Waals surface area contributed by atoms with E-state index in [4.69, 9.17) is 0 Å². The number of nitrogens with zero attached hydrogens (tertiary/aromatic N) is 2. The highest BCUT2D eigenvalue weighted by Crippen LogP contribution is 2.29. The van der Waals surface area contributed by atoms with E-state index in [1.54, 1.807) is 0 Å². The quantitative estimate of drug-likeness (QED) is 0.885. The lowest BCUT2D eigenvalue weighted by molar-refractivity contribution is 0.227. The second kappa shape index (κ2) is 5.93. The van der Waals surface area contributed by atoms with E-state index in [0.717, 1.165) is 19.5 Å².